The molecule has 4 N–H and O–H groups in total. The van der Waals surface area contributed by atoms with Crippen LogP contribution < -0.4 is 21.3 Å². The lowest BCUT2D eigenvalue weighted by atomic mass is 10.1. The monoisotopic (exact) mass is 1020 g/mol. The van der Waals surface area contributed by atoms with Crippen LogP contribution >= 0.6 is 46.4 Å². The molecule has 0 fully saturated rings. The molecule has 2 unspecified atom stereocenters. The smallest absolute Gasteiger partial charge is 0.324 e. The van der Waals surface area contributed by atoms with Crippen LogP contribution in [0.25, 0.3) is 0 Å². The third-order valence-corrected chi connectivity index (χ3v) is 10.7. The molecule has 0 saturated carbocycles. The van der Waals surface area contributed by atoms with E-state index in [9.17, 15) is 55.1 Å². The van der Waals surface area contributed by atoms with E-state index in [1.54, 1.807) is 13.8 Å². The normalized spacial score (nSPS) is 12.7. The van der Waals surface area contributed by atoms with Crippen LogP contribution in [0.5, 0.6) is 0 Å². The fraction of sp³-hybridized carbons (Fsp3) is 0.182. The van der Waals surface area contributed by atoms with E-state index >= 15 is 0 Å². The minimum Gasteiger partial charge on any atom is -0.324 e. The molecular weight excluding hydrogens is 992 g/mol. The van der Waals surface area contributed by atoms with Gasteiger partial charge in [-0.05, 0) is 124 Å². The Kier molecular flexibility index (Phi) is 16.5. The van der Waals surface area contributed by atoms with Crippen LogP contribution in [0.2, 0.25) is 20.1 Å². The number of carbonyl (C=O) groups excluding carboxylic acids is 6. The molecule has 354 valence electrons. The second-order valence-corrected chi connectivity index (χ2v) is 16.2. The van der Waals surface area contributed by atoms with Crippen molar-refractivity contribution in [3.05, 3.63) is 138 Å². The summed E-state index contributed by atoms with van der Waals surface area (Å²) >= 11 is 24.0. The lowest BCUT2D eigenvalue weighted by Gasteiger charge is -2.16. The van der Waals surface area contributed by atoms with Gasteiger partial charge in [-0.15, -0.1) is 0 Å². The molecule has 0 heterocycles. The van der Waals surface area contributed by atoms with E-state index in [1.807, 2.05) is 0 Å². The minimum absolute atomic E-state index is 0.0331. The SMILES string of the molecule is CC(=O)C(N=Nc1cc(C(=O)Nc2ccc(C(F)(F)F)c(Cl)c2)ccc1Cl)C(=O)Nc1cc(C)c(NC(=O)C(N=Nc2cc(C(=O)Nc3ccc(C(F)(F)F)c(Cl)c3)ccc2Cl)C(C)=O)cc1C. The Morgan fingerprint density at radius 2 is 0.838 bits per heavy atom. The van der Waals surface area contributed by atoms with Crippen LogP contribution in [0.15, 0.2) is 105 Å². The van der Waals surface area contributed by atoms with Crippen LogP contribution in [-0.4, -0.2) is 47.3 Å². The summed E-state index contributed by atoms with van der Waals surface area (Å²) in [6, 6.07) is 12.2. The summed E-state index contributed by atoms with van der Waals surface area (Å²) < 4.78 is 78.6. The predicted molar refractivity (Wildman–Crippen MR) is 243 cm³/mol. The van der Waals surface area contributed by atoms with E-state index in [0.717, 1.165) is 38.1 Å². The summed E-state index contributed by atoms with van der Waals surface area (Å²) in [5.41, 5.74) is -1.56. The fourth-order valence-electron chi connectivity index (χ4n) is 5.88. The number of hydrogen-bond donors (Lipinski definition) is 4. The number of ketones is 2. The summed E-state index contributed by atoms with van der Waals surface area (Å²) in [6.07, 6.45) is -9.42. The number of anilines is 4. The van der Waals surface area contributed by atoms with Gasteiger partial charge in [-0.2, -0.15) is 46.8 Å². The van der Waals surface area contributed by atoms with Crippen molar-refractivity contribution in [2.75, 3.05) is 21.3 Å². The molecule has 4 amide bonds. The molecule has 68 heavy (non-hydrogen) atoms. The van der Waals surface area contributed by atoms with Crippen molar-refractivity contribution in [2.45, 2.75) is 52.1 Å². The van der Waals surface area contributed by atoms with Gasteiger partial charge in [0.15, 0.2) is 11.6 Å². The molecule has 5 aromatic rings. The molecule has 2 atom stereocenters. The maximum atomic E-state index is 13.4. The van der Waals surface area contributed by atoms with Gasteiger partial charge >= 0.3 is 12.4 Å². The maximum Gasteiger partial charge on any atom is 0.417 e. The van der Waals surface area contributed by atoms with Crippen molar-refractivity contribution in [3.8, 4) is 0 Å². The van der Waals surface area contributed by atoms with E-state index in [-0.39, 0.29) is 55.3 Å². The molecule has 0 aliphatic carbocycles. The first-order chi connectivity index (χ1) is 31.7. The molecule has 0 saturated heterocycles. The van der Waals surface area contributed by atoms with E-state index in [2.05, 4.69) is 41.7 Å². The molecule has 14 nitrogen and oxygen atoms in total. The minimum atomic E-state index is -4.71. The summed E-state index contributed by atoms with van der Waals surface area (Å²) in [5, 5.41) is 24.2. The van der Waals surface area contributed by atoms with Crippen molar-refractivity contribution in [2.24, 2.45) is 20.5 Å². The third-order valence-electron chi connectivity index (χ3n) is 9.40. The first-order valence-corrected chi connectivity index (χ1v) is 20.8. The molecule has 0 spiro atoms. The largest absolute Gasteiger partial charge is 0.417 e. The Hall–Kier alpha value is -6.74. The van der Waals surface area contributed by atoms with Crippen molar-refractivity contribution < 1.29 is 55.1 Å². The number of rotatable bonds is 14. The molecule has 5 aromatic carbocycles. The van der Waals surface area contributed by atoms with Crippen LogP contribution in [0.4, 0.5) is 60.5 Å². The van der Waals surface area contributed by atoms with E-state index in [0.29, 0.717) is 23.3 Å². The van der Waals surface area contributed by atoms with E-state index < -0.39 is 80.8 Å². The number of Topliss-reactive ketones (excluding diaryl/α,β-unsaturated/α-hetero) is 2. The molecule has 0 aliphatic rings. The first kappa shape index (κ1) is 52.2. The Morgan fingerprint density at radius 1 is 0.485 bits per heavy atom. The number of amides is 4. The molecule has 5 rings (SSSR count). The maximum absolute atomic E-state index is 13.4. The first-order valence-electron chi connectivity index (χ1n) is 19.2. The highest BCUT2D eigenvalue weighted by Crippen LogP contribution is 2.38. The zero-order valence-corrected chi connectivity index (χ0v) is 38.3. The van der Waals surface area contributed by atoms with Crippen molar-refractivity contribution in [1.82, 2.24) is 0 Å². The number of hydrogen-bond acceptors (Lipinski definition) is 10. The standard InChI is InChI=1S/C44H32Cl4F6N8O6/c1-19-13-34(58-42(68)38(22(4)64)62-60-36-16-24(6-12-30(36)46)40(66)56-26-8-10-28(32(48)18-26)44(52,53)54)20(2)14-33(19)57-41(67)37(21(3)63)61-59-35-15-23(5-11-29(35)45)39(65)55-25-7-9-27(31(47)17-25)43(49,50)51/h5-18,37-38H,1-4H3,(H,55,65)(H,56,66)(H,57,67)(H,58,68). The number of halogens is 10. The Labute approximate surface area is 401 Å². The van der Waals surface area contributed by atoms with Gasteiger partial charge in [0.25, 0.3) is 23.6 Å². The van der Waals surface area contributed by atoms with E-state index in [1.165, 1.54) is 48.5 Å². The summed E-state index contributed by atoms with van der Waals surface area (Å²) in [4.78, 5) is 77.8. The average molecular weight is 1020 g/mol. The van der Waals surface area contributed by atoms with Gasteiger partial charge < -0.3 is 21.3 Å². The number of alkyl halides is 6. The molecule has 0 radical (unpaired) electrons. The van der Waals surface area contributed by atoms with Gasteiger partial charge in [0, 0.05) is 33.9 Å². The predicted octanol–water partition coefficient (Wildman–Crippen LogP) is 12.8. The quantitative estimate of drug-likeness (QED) is 0.0484. The van der Waals surface area contributed by atoms with Crippen LogP contribution in [-0.2, 0) is 31.5 Å². The number of aryl methyl sites for hydroxylation is 2. The van der Waals surface area contributed by atoms with E-state index in [4.69, 9.17) is 46.4 Å². The summed E-state index contributed by atoms with van der Waals surface area (Å²) in [6.45, 7) is 5.27. The highest BCUT2D eigenvalue weighted by atomic mass is 35.5. The van der Waals surface area contributed by atoms with Gasteiger partial charge in [-0.1, -0.05) is 46.4 Å². The van der Waals surface area contributed by atoms with Crippen LogP contribution in [0.3, 0.4) is 0 Å². The van der Waals surface area contributed by atoms with Crippen molar-refractivity contribution in [1.29, 1.82) is 0 Å². The lowest BCUT2D eigenvalue weighted by Crippen LogP contribution is -2.32. The van der Waals surface area contributed by atoms with Gasteiger partial charge in [-0.25, -0.2) is 0 Å². The second kappa shape index (κ2) is 21.5. The van der Waals surface area contributed by atoms with Crippen molar-refractivity contribution >= 4 is 116 Å². The second-order valence-electron chi connectivity index (χ2n) is 14.5. The van der Waals surface area contributed by atoms with Crippen molar-refractivity contribution in [3.63, 3.8) is 0 Å². The molecule has 0 aromatic heterocycles. The molecule has 0 aliphatic heterocycles. The molecule has 0 bridgehead atoms. The number of azo groups is 2. The number of carbonyl (C=O) groups is 6. The number of nitrogens with zero attached hydrogens (tertiary/aromatic N) is 4. The highest BCUT2D eigenvalue weighted by molar-refractivity contribution is 6.34. The van der Waals surface area contributed by atoms with Crippen LogP contribution in [0, 0.1) is 13.8 Å². The zero-order valence-electron chi connectivity index (χ0n) is 35.3. The Balaban J connectivity index is 1.26. The highest BCUT2D eigenvalue weighted by Gasteiger charge is 2.34. The molecular formula is C44H32Cl4F6N8O6. The summed E-state index contributed by atoms with van der Waals surface area (Å²) in [7, 11) is 0. The third kappa shape index (κ3) is 13.2. The molecule has 24 heteroatoms. The van der Waals surface area contributed by atoms with Gasteiger partial charge in [0.1, 0.15) is 11.4 Å². The lowest BCUT2D eigenvalue weighted by molar-refractivity contribution is -0.138. The zero-order chi connectivity index (χ0) is 50.4. The summed E-state index contributed by atoms with van der Waals surface area (Å²) in [5.74, 6) is -4.90. The van der Waals surface area contributed by atoms with Gasteiger partial charge in [0.2, 0.25) is 12.1 Å². The number of nitrogens with one attached hydrogen (secondary N) is 4. The Bertz CT molecular complexity index is 2740. The van der Waals surface area contributed by atoms with Gasteiger partial charge in [-0.3, -0.25) is 28.8 Å². The average Bonchev–Trinajstić information content (AvgIpc) is 3.22. The fourth-order valence-corrected chi connectivity index (χ4v) is 6.76. The topological polar surface area (TPSA) is 200 Å². The van der Waals surface area contributed by atoms with Gasteiger partial charge in [0.05, 0.1) is 31.2 Å². The number of benzene rings is 5. The Morgan fingerprint density at radius 3 is 1.15 bits per heavy atom. The van der Waals surface area contributed by atoms with Crippen LogP contribution in [0.1, 0.15) is 56.8 Å².